The van der Waals surface area contributed by atoms with Crippen molar-refractivity contribution in [1.82, 2.24) is 4.98 Å². The molecule has 3 aliphatic rings. The van der Waals surface area contributed by atoms with E-state index in [4.69, 9.17) is 0 Å². The van der Waals surface area contributed by atoms with Gasteiger partial charge in [-0.05, 0) is 76.8 Å². The van der Waals surface area contributed by atoms with Crippen LogP contribution in [0, 0.1) is 5.92 Å². The fourth-order valence-corrected chi connectivity index (χ4v) is 5.77. The third-order valence-electron chi connectivity index (χ3n) is 7.85. The molecule has 0 aliphatic heterocycles. The molecular weight excluding hydrogens is 358 g/mol. The first-order valence-electron chi connectivity index (χ1n) is 10.7. The Morgan fingerprint density at radius 1 is 1.03 bits per heavy atom. The number of carbonyl (C=O) groups is 1. The number of fused-ring (bicyclic) bond motifs is 2. The lowest BCUT2D eigenvalue weighted by atomic mass is 9.62. The van der Waals surface area contributed by atoms with E-state index in [0.29, 0.717) is 5.92 Å². The molecule has 29 heavy (non-hydrogen) atoms. The molecule has 2 aromatic rings. The minimum Gasteiger partial charge on any atom is -0.478 e. The SMILES string of the molecule is CC1(C)CCC(C)(C)c2cc(C34CC3CC=C4c3ccc(C(=O)O)cn3)ccc21. The maximum absolute atomic E-state index is 11.2. The van der Waals surface area contributed by atoms with Gasteiger partial charge < -0.3 is 5.11 Å². The van der Waals surface area contributed by atoms with Crippen LogP contribution in [0.4, 0.5) is 0 Å². The minimum atomic E-state index is -0.928. The van der Waals surface area contributed by atoms with Crippen molar-refractivity contribution in [3.8, 4) is 0 Å². The molecule has 2 unspecified atom stereocenters. The van der Waals surface area contributed by atoms with Crippen LogP contribution in [0.1, 0.15) is 86.1 Å². The maximum atomic E-state index is 11.2. The van der Waals surface area contributed by atoms with Crippen molar-refractivity contribution in [2.75, 3.05) is 0 Å². The molecule has 1 fully saturated rings. The van der Waals surface area contributed by atoms with Gasteiger partial charge in [-0.3, -0.25) is 4.98 Å². The second-order valence-electron chi connectivity index (χ2n) is 10.5. The number of carboxylic acid groups (broad SMARTS) is 1. The fraction of sp³-hybridized carbons (Fsp3) is 0.462. The van der Waals surface area contributed by atoms with E-state index < -0.39 is 5.97 Å². The number of aromatic nitrogens is 1. The zero-order valence-corrected chi connectivity index (χ0v) is 17.7. The van der Waals surface area contributed by atoms with Crippen LogP contribution in [0.3, 0.4) is 0 Å². The van der Waals surface area contributed by atoms with Crippen LogP contribution >= 0.6 is 0 Å². The molecule has 0 spiro atoms. The lowest BCUT2D eigenvalue weighted by Crippen LogP contribution is -2.34. The highest BCUT2D eigenvalue weighted by Gasteiger charge is 2.60. The monoisotopic (exact) mass is 387 g/mol. The summed E-state index contributed by atoms with van der Waals surface area (Å²) < 4.78 is 0. The van der Waals surface area contributed by atoms with Gasteiger partial charge in [0.05, 0.1) is 11.3 Å². The second kappa shape index (κ2) is 5.81. The molecule has 0 amide bonds. The number of carboxylic acids is 1. The van der Waals surface area contributed by atoms with Gasteiger partial charge in [0, 0.05) is 11.6 Å². The van der Waals surface area contributed by atoms with E-state index >= 15 is 0 Å². The molecule has 1 N–H and O–H groups in total. The number of nitrogens with zero attached hydrogens (tertiary/aromatic N) is 1. The van der Waals surface area contributed by atoms with E-state index in [2.05, 4.69) is 57.0 Å². The van der Waals surface area contributed by atoms with Crippen LogP contribution < -0.4 is 0 Å². The molecule has 0 radical (unpaired) electrons. The normalized spacial score (nSPS) is 28.3. The molecule has 5 rings (SSSR count). The van der Waals surface area contributed by atoms with Gasteiger partial charge in [-0.2, -0.15) is 0 Å². The Morgan fingerprint density at radius 2 is 1.76 bits per heavy atom. The van der Waals surface area contributed by atoms with Crippen molar-refractivity contribution in [3.05, 3.63) is 70.6 Å². The van der Waals surface area contributed by atoms with Crippen LogP contribution in [0.5, 0.6) is 0 Å². The highest BCUT2D eigenvalue weighted by Crippen LogP contribution is 2.67. The summed E-state index contributed by atoms with van der Waals surface area (Å²) in [6.07, 6.45) is 8.51. The predicted molar refractivity (Wildman–Crippen MR) is 115 cm³/mol. The summed E-state index contributed by atoms with van der Waals surface area (Å²) in [4.78, 5) is 15.7. The van der Waals surface area contributed by atoms with E-state index in [1.54, 1.807) is 6.07 Å². The first-order chi connectivity index (χ1) is 13.6. The van der Waals surface area contributed by atoms with Crippen molar-refractivity contribution in [2.45, 2.75) is 69.6 Å². The van der Waals surface area contributed by atoms with E-state index in [0.717, 1.165) is 12.1 Å². The number of benzene rings is 1. The molecule has 2 atom stereocenters. The Hall–Kier alpha value is -2.42. The van der Waals surface area contributed by atoms with Gasteiger partial charge >= 0.3 is 5.97 Å². The number of rotatable bonds is 3. The molecule has 1 saturated carbocycles. The second-order valence-corrected chi connectivity index (χ2v) is 10.5. The van der Waals surface area contributed by atoms with Gasteiger partial charge in [0.1, 0.15) is 0 Å². The lowest BCUT2D eigenvalue weighted by molar-refractivity contribution is 0.0696. The number of pyridine rings is 1. The number of aromatic carboxylic acids is 1. The third kappa shape index (κ3) is 2.63. The highest BCUT2D eigenvalue weighted by molar-refractivity contribution is 5.88. The average Bonchev–Trinajstić information content (AvgIpc) is 3.31. The lowest BCUT2D eigenvalue weighted by Gasteiger charge is -2.42. The van der Waals surface area contributed by atoms with Crippen molar-refractivity contribution >= 4 is 11.5 Å². The van der Waals surface area contributed by atoms with Crippen LogP contribution in [0.15, 0.2) is 42.6 Å². The third-order valence-corrected chi connectivity index (χ3v) is 7.85. The summed E-state index contributed by atoms with van der Waals surface area (Å²) in [6.45, 7) is 9.50. The van der Waals surface area contributed by atoms with Crippen molar-refractivity contribution in [1.29, 1.82) is 0 Å². The van der Waals surface area contributed by atoms with Gasteiger partial charge in [0.2, 0.25) is 0 Å². The van der Waals surface area contributed by atoms with E-state index in [1.165, 1.54) is 47.7 Å². The summed E-state index contributed by atoms with van der Waals surface area (Å²) in [6, 6.07) is 10.8. The first kappa shape index (κ1) is 18.6. The largest absolute Gasteiger partial charge is 0.478 e. The number of hydrogen-bond donors (Lipinski definition) is 1. The smallest absolute Gasteiger partial charge is 0.337 e. The molecule has 3 heteroatoms. The maximum Gasteiger partial charge on any atom is 0.337 e. The summed E-state index contributed by atoms with van der Waals surface area (Å²) in [7, 11) is 0. The van der Waals surface area contributed by atoms with Gasteiger partial charge in [0.15, 0.2) is 0 Å². The Balaban J connectivity index is 1.58. The fourth-order valence-electron chi connectivity index (χ4n) is 5.77. The molecule has 1 aromatic carbocycles. The Kier molecular flexibility index (Phi) is 3.73. The number of hydrogen-bond acceptors (Lipinski definition) is 2. The Morgan fingerprint density at radius 3 is 2.38 bits per heavy atom. The minimum absolute atomic E-state index is 0.0600. The van der Waals surface area contributed by atoms with Gasteiger partial charge in [-0.25, -0.2) is 4.79 Å². The highest BCUT2D eigenvalue weighted by atomic mass is 16.4. The molecule has 1 aromatic heterocycles. The van der Waals surface area contributed by atoms with Crippen molar-refractivity contribution < 1.29 is 9.90 Å². The topological polar surface area (TPSA) is 50.2 Å². The van der Waals surface area contributed by atoms with Crippen molar-refractivity contribution in [2.24, 2.45) is 5.92 Å². The average molecular weight is 388 g/mol. The zero-order chi connectivity index (χ0) is 20.6. The molecule has 1 heterocycles. The predicted octanol–water partition coefficient (Wildman–Crippen LogP) is 5.87. The quantitative estimate of drug-likeness (QED) is 0.716. The molecule has 150 valence electrons. The summed E-state index contributed by atoms with van der Waals surface area (Å²) in [5.74, 6) is -0.279. The summed E-state index contributed by atoms with van der Waals surface area (Å²) in [5.41, 5.74) is 7.36. The number of allylic oxidation sites excluding steroid dienone is 2. The van der Waals surface area contributed by atoms with E-state index in [9.17, 15) is 9.90 Å². The molecule has 0 bridgehead atoms. The zero-order valence-electron chi connectivity index (χ0n) is 17.7. The Bertz CT molecular complexity index is 1040. The summed E-state index contributed by atoms with van der Waals surface area (Å²) in [5, 5.41) is 9.18. The van der Waals surface area contributed by atoms with E-state index in [-0.39, 0.29) is 21.8 Å². The molecule has 0 saturated heterocycles. The molecule has 3 aliphatic carbocycles. The summed E-state index contributed by atoms with van der Waals surface area (Å²) >= 11 is 0. The van der Waals surface area contributed by atoms with Crippen LogP contribution in [0.25, 0.3) is 5.57 Å². The van der Waals surface area contributed by atoms with Gasteiger partial charge in [-0.15, -0.1) is 0 Å². The standard InChI is InChI=1S/C26H29NO2/c1-24(2)11-12-25(3,4)21-13-17(6-8-19(21)24)26-14-18(26)7-9-20(26)22-10-5-16(15-27-22)23(28)29/h5-6,8-10,13,15,18H,7,11-12,14H2,1-4H3,(H,28,29). The van der Waals surface area contributed by atoms with Crippen LogP contribution in [-0.4, -0.2) is 16.1 Å². The van der Waals surface area contributed by atoms with E-state index in [1.807, 2.05) is 6.07 Å². The molecular formula is C26H29NO2. The Labute approximate surface area is 172 Å². The van der Waals surface area contributed by atoms with Crippen molar-refractivity contribution in [3.63, 3.8) is 0 Å². The van der Waals surface area contributed by atoms with Crippen LogP contribution in [0.2, 0.25) is 0 Å². The van der Waals surface area contributed by atoms with Gasteiger partial charge in [0.25, 0.3) is 0 Å². The molecule has 3 nitrogen and oxygen atoms in total. The van der Waals surface area contributed by atoms with Crippen LogP contribution in [-0.2, 0) is 16.2 Å². The van der Waals surface area contributed by atoms with Gasteiger partial charge in [-0.1, -0.05) is 52.0 Å². The first-order valence-corrected chi connectivity index (χ1v) is 10.7.